The van der Waals surface area contributed by atoms with Crippen LogP contribution in [0.1, 0.15) is 22.3 Å². The third-order valence-corrected chi connectivity index (χ3v) is 10.6. The zero-order valence-electron chi connectivity index (χ0n) is 29.9. The number of fused-ring (bicyclic) bond motifs is 3. The highest BCUT2D eigenvalue weighted by molar-refractivity contribution is 5.90. The summed E-state index contributed by atoms with van der Waals surface area (Å²) in [6.07, 6.45) is 0. The van der Waals surface area contributed by atoms with E-state index in [1.54, 1.807) is 0 Å². The molecule has 0 unspecified atom stereocenters. The minimum absolute atomic E-state index is 0.623. The van der Waals surface area contributed by atoms with Crippen LogP contribution < -0.4 is 0 Å². The zero-order chi connectivity index (χ0) is 36.6. The van der Waals surface area contributed by atoms with Gasteiger partial charge in [0.1, 0.15) is 0 Å². The molecule has 1 aliphatic rings. The average Bonchev–Trinajstić information content (AvgIpc) is 3.58. The highest BCUT2D eigenvalue weighted by Gasteiger charge is 2.49. The lowest BCUT2D eigenvalue weighted by Crippen LogP contribution is -2.29. The van der Waals surface area contributed by atoms with Crippen LogP contribution in [-0.4, -0.2) is 19.9 Å². The number of nitrogens with zero attached hydrogens (tertiary/aromatic N) is 4. The summed E-state index contributed by atoms with van der Waals surface area (Å²) in [6, 6.07) is 71.8. The number of rotatable bonds is 7. The quantitative estimate of drug-likeness (QED) is 0.166. The Morgan fingerprint density at radius 1 is 0.309 bits per heavy atom. The number of hydrogen-bond acceptors (Lipinski definition) is 4. The largest absolute Gasteiger partial charge is 0.228 e. The van der Waals surface area contributed by atoms with Crippen LogP contribution >= 0.6 is 0 Å². The third kappa shape index (κ3) is 5.55. The van der Waals surface area contributed by atoms with E-state index in [0.717, 1.165) is 61.7 Å². The molecule has 4 nitrogen and oxygen atoms in total. The van der Waals surface area contributed by atoms with Gasteiger partial charge in [0.2, 0.25) is 0 Å². The van der Waals surface area contributed by atoms with E-state index in [1.165, 1.54) is 16.7 Å². The molecule has 0 fully saturated rings. The summed E-state index contributed by atoms with van der Waals surface area (Å²) in [5, 5.41) is 0. The standard InChI is InChI=1S/C51H34N4/c1-6-18-35(19-7-1)44-34-45(53-49(52-44)38-22-10-3-11-23-38)36-30-32-39(33-31-36)50-54-47(37-20-8-2-9-21-37)46-48(55-50)42-28-16-17-29-43(42)51(46,40-24-12-4-13-25-40)41-26-14-5-15-27-41/h1-34H. The van der Waals surface area contributed by atoms with Gasteiger partial charge in [0.05, 0.1) is 28.2 Å². The Kier molecular flexibility index (Phi) is 8.00. The van der Waals surface area contributed by atoms with Gasteiger partial charge in [-0.2, -0.15) is 0 Å². The molecule has 0 bridgehead atoms. The predicted octanol–water partition coefficient (Wildman–Crippen LogP) is 12.0. The van der Waals surface area contributed by atoms with E-state index in [2.05, 4.69) is 170 Å². The van der Waals surface area contributed by atoms with Crippen molar-refractivity contribution in [2.45, 2.75) is 5.41 Å². The number of aromatic nitrogens is 4. The Morgan fingerprint density at radius 3 is 1.29 bits per heavy atom. The SMILES string of the molecule is c1ccc(-c2cc(-c3ccc(-c4nc(-c5ccccc5)c5c(n4)-c4ccccc4C5(c4ccccc4)c4ccccc4)cc3)nc(-c3ccccc3)n2)cc1. The molecule has 0 spiro atoms. The molecule has 1 aliphatic carbocycles. The van der Waals surface area contributed by atoms with Crippen molar-refractivity contribution in [3.05, 3.63) is 229 Å². The van der Waals surface area contributed by atoms with Gasteiger partial charge < -0.3 is 0 Å². The maximum atomic E-state index is 5.49. The van der Waals surface area contributed by atoms with Crippen LogP contribution in [0.3, 0.4) is 0 Å². The Hall–Kier alpha value is -7.30. The van der Waals surface area contributed by atoms with Crippen molar-refractivity contribution in [2.75, 3.05) is 0 Å². The molecule has 0 atom stereocenters. The molecule has 4 heteroatoms. The first-order valence-corrected chi connectivity index (χ1v) is 18.6. The third-order valence-electron chi connectivity index (χ3n) is 10.6. The fraction of sp³-hybridized carbons (Fsp3) is 0.0196. The first-order chi connectivity index (χ1) is 27.3. The van der Waals surface area contributed by atoms with Crippen LogP contribution in [0.2, 0.25) is 0 Å². The monoisotopic (exact) mass is 702 g/mol. The molecule has 0 saturated heterocycles. The second-order valence-corrected chi connectivity index (χ2v) is 13.8. The van der Waals surface area contributed by atoms with Crippen molar-refractivity contribution in [1.82, 2.24) is 19.9 Å². The summed E-state index contributed by atoms with van der Waals surface area (Å²) < 4.78 is 0. The van der Waals surface area contributed by atoms with Gasteiger partial charge in [-0.25, -0.2) is 19.9 Å². The Balaban J connectivity index is 1.16. The molecule has 0 aliphatic heterocycles. The molecular weight excluding hydrogens is 669 g/mol. The van der Waals surface area contributed by atoms with Crippen molar-refractivity contribution < 1.29 is 0 Å². The molecule has 0 amide bonds. The van der Waals surface area contributed by atoms with E-state index in [9.17, 15) is 0 Å². The first-order valence-electron chi connectivity index (χ1n) is 18.6. The van der Waals surface area contributed by atoms with E-state index < -0.39 is 5.41 Å². The van der Waals surface area contributed by atoms with Crippen LogP contribution in [0, 0.1) is 0 Å². The fourth-order valence-electron chi connectivity index (χ4n) is 8.10. The maximum absolute atomic E-state index is 5.49. The minimum atomic E-state index is -0.623. The van der Waals surface area contributed by atoms with Gasteiger partial charge >= 0.3 is 0 Å². The Labute approximate surface area is 320 Å². The lowest BCUT2D eigenvalue weighted by molar-refractivity contribution is 0.763. The summed E-state index contributed by atoms with van der Waals surface area (Å²) in [7, 11) is 0. The van der Waals surface area contributed by atoms with E-state index in [-0.39, 0.29) is 0 Å². The van der Waals surface area contributed by atoms with Crippen molar-refractivity contribution in [2.24, 2.45) is 0 Å². The normalized spacial score (nSPS) is 12.5. The highest BCUT2D eigenvalue weighted by atomic mass is 14.9. The lowest BCUT2D eigenvalue weighted by atomic mass is 9.67. The highest BCUT2D eigenvalue weighted by Crippen LogP contribution is 2.58. The van der Waals surface area contributed by atoms with Gasteiger partial charge in [0, 0.05) is 38.9 Å². The van der Waals surface area contributed by atoms with E-state index in [0.29, 0.717) is 11.6 Å². The summed E-state index contributed by atoms with van der Waals surface area (Å²) in [5.41, 5.74) is 13.7. The van der Waals surface area contributed by atoms with Crippen LogP contribution in [0.25, 0.3) is 67.8 Å². The molecule has 0 N–H and O–H groups in total. The molecule has 7 aromatic carbocycles. The lowest BCUT2D eigenvalue weighted by Gasteiger charge is -2.34. The van der Waals surface area contributed by atoms with Gasteiger partial charge in [-0.05, 0) is 22.8 Å². The van der Waals surface area contributed by atoms with E-state index in [4.69, 9.17) is 19.9 Å². The van der Waals surface area contributed by atoms with Crippen molar-refractivity contribution in [3.63, 3.8) is 0 Å². The second kappa shape index (κ2) is 13.6. The summed E-state index contributed by atoms with van der Waals surface area (Å²) in [4.78, 5) is 21.0. The van der Waals surface area contributed by atoms with Gasteiger partial charge in [-0.1, -0.05) is 200 Å². The molecule has 0 radical (unpaired) electrons. The Morgan fingerprint density at radius 2 is 0.709 bits per heavy atom. The summed E-state index contributed by atoms with van der Waals surface area (Å²) >= 11 is 0. The van der Waals surface area contributed by atoms with Gasteiger partial charge in [0.25, 0.3) is 0 Å². The second-order valence-electron chi connectivity index (χ2n) is 13.8. The van der Waals surface area contributed by atoms with Gasteiger partial charge in [-0.15, -0.1) is 0 Å². The average molecular weight is 703 g/mol. The van der Waals surface area contributed by atoms with E-state index in [1.807, 2.05) is 36.4 Å². The maximum Gasteiger partial charge on any atom is 0.160 e. The predicted molar refractivity (Wildman–Crippen MR) is 222 cm³/mol. The molecule has 10 rings (SSSR count). The smallest absolute Gasteiger partial charge is 0.160 e. The topological polar surface area (TPSA) is 51.6 Å². The molecule has 55 heavy (non-hydrogen) atoms. The molecule has 0 saturated carbocycles. The van der Waals surface area contributed by atoms with Crippen LogP contribution in [0.5, 0.6) is 0 Å². The molecular formula is C51H34N4. The van der Waals surface area contributed by atoms with Crippen LogP contribution in [0.15, 0.2) is 206 Å². The Bertz CT molecular complexity index is 2670. The molecule has 258 valence electrons. The molecule has 9 aromatic rings. The molecule has 2 aromatic heterocycles. The summed E-state index contributed by atoms with van der Waals surface area (Å²) in [5.74, 6) is 1.36. The number of hydrogen-bond donors (Lipinski definition) is 0. The molecule has 2 heterocycles. The number of benzene rings is 7. The summed E-state index contributed by atoms with van der Waals surface area (Å²) in [6.45, 7) is 0. The first kappa shape index (κ1) is 32.4. The van der Waals surface area contributed by atoms with Crippen molar-refractivity contribution >= 4 is 0 Å². The van der Waals surface area contributed by atoms with E-state index >= 15 is 0 Å². The van der Waals surface area contributed by atoms with Crippen molar-refractivity contribution in [1.29, 1.82) is 0 Å². The van der Waals surface area contributed by atoms with Crippen LogP contribution in [0.4, 0.5) is 0 Å². The minimum Gasteiger partial charge on any atom is -0.228 e. The fourth-order valence-corrected chi connectivity index (χ4v) is 8.10. The van der Waals surface area contributed by atoms with Crippen molar-refractivity contribution in [3.8, 4) is 67.8 Å². The zero-order valence-corrected chi connectivity index (χ0v) is 29.9. The van der Waals surface area contributed by atoms with Gasteiger partial charge in [0.15, 0.2) is 11.6 Å². The van der Waals surface area contributed by atoms with Gasteiger partial charge in [-0.3, -0.25) is 0 Å². The van der Waals surface area contributed by atoms with Crippen LogP contribution in [-0.2, 0) is 5.41 Å².